The summed E-state index contributed by atoms with van der Waals surface area (Å²) in [6.45, 7) is 4.58. The molecule has 0 N–H and O–H groups in total. The number of hydrogen-bond acceptors (Lipinski definition) is 2. The molecule has 3 nitrogen and oxygen atoms in total. The predicted molar refractivity (Wildman–Crippen MR) is 49.8 cm³/mol. The van der Waals surface area contributed by atoms with Gasteiger partial charge in [0.15, 0.2) is 0 Å². The maximum absolute atomic E-state index is 11.7. The van der Waals surface area contributed by atoms with Gasteiger partial charge in [0.25, 0.3) is 0 Å². The Kier molecular flexibility index (Phi) is 3.30. The highest BCUT2D eigenvalue weighted by atomic mass is 16.2. The lowest BCUT2D eigenvalue weighted by Crippen LogP contribution is -2.38. The van der Waals surface area contributed by atoms with Gasteiger partial charge in [-0.15, -0.1) is 0 Å². The van der Waals surface area contributed by atoms with E-state index in [0.29, 0.717) is 13.0 Å². The summed E-state index contributed by atoms with van der Waals surface area (Å²) in [6, 6.07) is 2.30. The lowest BCUT2D eigenvalue weighted by atomic mass is 10.2. The molecule has 1 fully saturated rings. The molecule has 0 aromatic heterocycles. The van der Waals surface area contributed by atoms with Gasteiger partial charge < -0.3 is 4.90 Å². The van der Waals surface area contributed by atoms with Crippen molar-refractivity contribution in [3.8, 4) is 6.07 Å². The Hall–Kier alpha value is -1.04. The number of carbonyl (C=O) groups excluding carboxylic acids is 1. The Morgan fingerprint density at radius 3 is 2.62 bits per heavy atom. The standard InChI is InChI=1S/C10H16N2O/c1-8(2)12(7-3-6-11)10(13)9-4-5-9/h8-9H,3-5,7H2,1-2H3. The molecule has 1 amide bonds. The van der Waals surface area contributed by atoms with Gasteiger partial charge >= 0.3 is 0 Å². The number of amides is 1. The van der Waals surface area contributed by atoms with Crippen LogP contribution in [0.1, 0.15) is 33.1 Å². The topological polar surface area (TPSA) is 44.1 Å². The molecule has 0 spiro atoms. The highest BCUT2D eigenvalue weighted by Gasteiger charge is 2.33. The molecule has 1 saturated carbocycles. The summed E-state index contributed by atoms with van der Waals surface area (Å²) in [6.07, 6.45) is 2.51. The molecule has 0 radical (unpaired) electrons. The zero-order valence-electron chi connectivity index (χ0n) is 8.29. The molecule has 1 rings (SSSR count). The Balaban J connectivity index is 2.46. The van der Waals surface area contributed by atoms with Crippen LogP contribution in [0.2, 0.25) is 0 Å². The fourth-order valence-corrected chi connectivity index (χ4v) is 1.36. The summed E-state index contributed by atoms with van der Waals surface area (Å²) in [5, 5.41) is 8.44. The van der Waals surface area contributed by atoms with E-state index in [9.17, 15) is 4.79 Å². The van der Waals surface area contributed by atoms with Gasteiger partial charge in [-0.1, -0.05) is 0 Å². The van der Waals surface area contributed by atoms with E-state index in [-0.39, 0.29) is 17.9 Å². The molecule has 0 aliphatic heterocycles. The highest BCUT2D eigenvalue weighted by molar-refractivity contribution is 5.81. The smallest absolute Gasteiger partial charge is 0.225 e. The third kappa shape index (κ3) is 2.73. The summed E-state index contributed by atoms with van der Waals surface area (Å²) >= 11 is 0. The van der Waals surface area contributed by atoms with Gasteiger partial charge in [0.05, 0.1) is 12.5 Å². The lowest BCUT2D eigenvalue weighted by molar-refractivity contribution is -0.134. The second kappa shape index (κ2) is 4.27. The van der Waals surface area contributed by atoms with Crippen LogP contribution >= 0.6 is 0 Å². The average molecular weight is 180 g/mol. The fourth-order valence-electron chi connectivity index (χ4n) is 1.36. The first-order valence-corrected chi connectivity index (χ1v) is 4.84. The zero-order chi connectivity index (χ0) is 9.84. The Bertz CT molecular complexity index is 226. The highest BCUT2D eigenvalue weighted by Crippen LogP contribution is 2.31. The van der Waals surface area contributed by atoms with Crippen LogP contribution < -0.4 is 0 Å². The largest absolute Gasteiger partial charge is 0.339 e. The minimum atomic E-state index is 0.224. The predicted octanol–water partition coefficient (Wildman–Crippen LogP) is 1.55. The maximum atomic E-state index is 11.7. The van der Waals surface area contributed by atoms with Crippen molar-refractivity contribution >= 4 is 5.91 Å². The Morgan fingerprint density at radius 1 is 1.62 bits per heavy atom. The first-order valence-electron chi connectivity index (χ1n) is 4.84. The summed E-state index contributed by atoms with van der Waals surface area (Å²) < 4.78 is 0. The van der Waals surface area contributed by atoms with Crippen molar-refractivity contribution in [3.63, 3.8) is 0 Å². The minimum Gasteiger partial charge on any atom is -0.339 e. The molecule has 1 aliphatic carbocycles. The summed E-state index contributed by atoms with van der Waals surface area (Å²) in [5.74, 6) is 0.506. The quantitative estimate of drug-likeness (QED) is 0.658. The summed E-state index contributed by atoms with van der Waals surface area (Å²) in [7, 11) is 0. The van der Waals surface area contributed by atoms with Gasteiger partial charge in [-0.2, -0.15) is 5.26 Å². The van der Waals surface area contributed by atoms with Crippen LogP contribution in [-0.2, 0) is 4.79 Å². The van der Waals surface area contributed by atoms with Crippen molar-refractivity contribution in [2.75, 3.05) is 6.54 Å². The minimum absolute atomic E-state index is 0.224. The fraction of sp³-hybridized carbons (Fsp3) is 0.800. The van der Waals surface area contributed by atoms with Gasteiger partial charge in [-0.3, -0.25) is 4.79 Å². The van der Waals surface area contributed by atoms with E-state index in [1.54, 1.807) is 0 Å². The van der Waals surface area contributed by atoms with Gasteiger partial charge in [0.1, 0.15) is 0 Å². The van der Waals surface area contributed by atoms with Crippen LogP contribution in [0.15, 0.2) is 0 Å². The summed E-state index contributed by atoms with van der Waals surface area (Å²) in [4.78, 5) is 13.5. The first-order chi connectivity index (χ1) is 6.16. The number of carbonyl (C=O) groups is 1. The van der Waals surface area contributed by atoms with Crippen LogP contribution in [0.4, 0.5) is 0 Å². The van der Waals surface area contributed by atoms with Crippen LogP contribution in [0, 0.1) is 17.2 Å². The van der Waals surface area contributed by atoms with Gasteiger partial charge in [-0.25, -0.2) is 0 Å². The molecule has 0 aromatic rings. The molecule has 0 atom stereocenters. The molecule has 0 aromatic carbocycles. The van der Waals surface area contributed by atoms with Crippen molar-refractivity contribution in [2.24, 2.45) is 5.92 Å². The SMILES string of the molecule is CC(C)N(CCC#N)C(=O)C1CC1. The molecule has 72 valence electrons. The number of nitriles is 1. The molecule has 0 saturated heterocycles. The van der Waals surface area contributed by atoms with E-state index in [2.05, 4.69) is 6.07 Å². The number of rotatable bonds is 4. The monoisotopic (exact) mass is 180 g/mol. The van der Waals surface area contributed by atoms with E-state index < -0.39 is 0 Å². The van der Waals surface area contributed by atoms with Gasteiger partial charge in [0, 0.05) is 18.5 Å². The van der Waals surface area contributed by atoms with Crippen LogP contribution in [0.25, 0.3) is 0 Å². The third-order valence-corrected chi connectivity index (χ3v) is 2.30. The van der Waals surface area contributed by atoms with Crippen molar-refractivity contribution in [2.45, 2.75) is 39.2 Å². The average Bonchev–Trinajstić information content (AvgIpc) is 2.86. The molecule has 13 heavy (non-hydrogen) atoms. The Labute approximate surface area is 79.3 Å². The van der Waals surface area contributed by atoms with Crippen LogP contribution in [0.3, 0.4) is 0 Å². The van der Waals surface area contributed by atoms with Gasteiger partial charge in [0.2, 0.25) is 5.91 Å². The van der Waals surface area contributed by atoms with Gasteiger partial charge in [-0.05, 0) is 26.7 Å². The third-order valence-electron chi connectivity index (χ3n) is 2.30. The lowest BCUT2D eigenvalue weighted by Gasteiger charge is -2.25. The van der Waals surface area contributed by atoms with E-state index in [1.165, 1.54) is 0 Å². The number of nitrogens with zero attached hydrogens (tertiary/aromatic N) is 2. The molecule has 0 heterocycles. The van der Waals surface area contributed by atoms with Crippen LogP contribution in [0.5, 0.6) is 0 Å². The van der Waals surface area contributed by atoms with Crippen molar-refractivity contribution < 1.29 is 4.79 Å². The van der Waals surface area contributed by atoms with Crippen molar-refractivity contribution in [3.05, 3.63) is 0 Å². The second-order valence-electron chi connectivity index (χ2n) is 3.81. The summed E-state index contributed by atoms with van der Waals surface area (Å²) in [5.41, 5.74) is 0. The molecule has 3 heteroatoms. The van der Waals surface area contributed by atoms with Crippen LogP contribution in [-0.4, -0.2) is 23.4 Å². The molecular weight excluding hydrogens is 164 g/mol. The number of hydrogen-bond donors (Lipinski definition) is 0. The van der Waals surface area contributed by atoms with E-state index in [0.717, 1.165) is 12.8 Å². The Morgan fingerprint density at radius 2 is 2.23 bits per heavy atom. The first kappa shape index (κ1) is 10.0. The molecule has 0 bridgehead atoms. The normalized spacial score (nSPS) is 15.5. The van der Waals surface area contributed by atoms with E-state index >= 15 is 0 Å². The van der Waals surface area contributed by atoms with E-state index in [1.807, 2.05) is 18.7 Å². The van der Waals surface area contributed by atoms with Crippen molar-refractivity contribution in [1.82, 2.24) is 4.90 Å². The zero-order valence-corrected chi connectivity index (χ0v) is 8.29. The molecule has 1 aliphatic rings. The van der Waals surface area contributed by atoms with Crippen molar-refractivity contribution in [1.29, 1.82) is 5.26 Å². The second-order valence-corrected chi connectivity index (χ2v) is 3.81. The van der Waals surface area contributed by atoms with E-state index in [4.69, 9.17) is 5.26 Å². The molecular formula is C10H16N2O. The maximum Gasteiger partial charge on any atom is 0.225 e. The molecule has 0 unspecified atom stereocenters.